The van der Waals surface area contributed by atoms with Crippen LogP contribution in [-0.4, -0.2) is 24.3 Å². The highest BCUT2D eigenvalue weighted by molar-refractivity contribution is 4.77. The minimum absolute atomic E-state index is 0.0300. The first-order chi connectivity index (χ1) is 7.34. The van der Waals surface area contributed by atoms with Gasteiger partial charge in [-0.05, 0) is 31.7 Å². The van der Waals surface area contributed by atoms with E-state index in [1.54, 1.807) is 0 Å². The molecule has 2 N–H and O–H groups in total. The molecule has 0 amide bonds. The van der Waals surface area contributed by atoms with Crippen LogP contribution in [0.2, 0.25) is 0 Å². The molecule has 15 heavy (non-hydrogen) atoms. The Kier molecular flexibility index (Phi) is 7.03. The van der Waals surface area contributed by atoms with Gasteiger partial charge in [0.15, 0.2) is 0 Å². The standard InChI is InChI=1S/C13H27NO/c1-2-3-4-5-6-10-14-11-12-8-7-9-13(12)15/h12-15H,2-11H2,1H3. The number of nitrogens with one attached hydrogen (secondary N) is 1. The molecule has 0 aromatic heterocycles. The highest BCUT2D eigenvalue weighted by atomic mass is 16.3. The van der Waals surface area contributed by atoms with E-state index in [1.165, 1.54) is 44.9 Å². The molecule has 0 aromatic rings. The van der Waals surface area contributed by atoms with Gasteiger partial charge in [0.2, 0.25) is 0 Å². The lowest BCUT2D eigenvalue weighted by atomic mass is 10.1. The molecule has 2 unspecified atom stereocenters. The van der Waals surface area contributed by atoms with Crippen LogP contribution in [0.1, 0.15) is 58.3 Å². The van der Waals surface area contributed by atoms with Crippen molar-refractivity contribution >= 4 is 0 Å². The third kappa shape index (κ3) is 5.53. The Balaban J connectivity index is 1.84. The average molecular weight is 213 g/mol. The van der Waals surface area contributed by atoms with Crippen molar-refractivity contribution in [2.24, 2.45) is 5.92 Å². The normalized spacial score (nSPS) is 26.0. The number of aliphatic hydroxyl groups excluding tert-OH is 1. The SMILES string of the molecule is CCCCCCCNCC1CCCC1O. The van der Waals surface area contributed by atoms with E-state index in [4.69, 9.17) is 0 Å². The molecule has 0 aromatic carbocycles. The van der Waals surface area contributed by atoms with Gasteiger partial charge >= 0.3 is 0 Å². The fraction of sp³-hybridized carbons (Fsp3) is 1.00. The van der Waals surface area contributed by atoms with Crippen LogP contribution in [0, 0.1) is 5.92 Å². The number of hydrogen-bond donors (Lipinski definition) is 2. The van der Waals surface area contributed by atoms with Crippen molar-refractivity contribution < 1.29 is 5.11 Å². The predicted molar refractivity (Wildman–Crippen MR) is 65.0 cm³/mol. The molecule has 1 fully saturated rings. The summed E-state index contributed by atoms with van der Waals surface area (Å²) in [5.41, 5.74) is 0. The summed E-state index contributed by atoms with van der Waals surface area (Å²) in [6.45, 7) is 4.40. The van der Waals surface area contributed by atoms with E-state index in [0.29, 0.717) is 5.92 Å². The van der Waals surface area contributed by atoms with Gasteiger partial charge in [0.05, 0.1) is 6.10 Å². The highest BCUT2D eigenvalue weighted by Gasteiger charge is 2.24. The Bertz CT molecular complexity index is 149. The number of unbranched alkanes of at least 4 members (excludes halogenated alkanes) is 4. The van der Waals surface area contributed by atoms with Gasteiger partial charge < -0.3 is 10.4 Å². The summed E-state index contributed by atoms with van der Waals surface area (Å²) in [6, 6.07) is 0. The quantitative estimate of drug-likeness (QED) is 0.608. The van der Waals surface area contributed by atoms with Crippen molar-refractivity contribution in [3.63, 3.8) is 0 Å². The van der Waals surface area contributed by atoms with Crippen LogP contribution in [0.15, 0.2) is 0 Å². The third-order valence-corrected chi connectivity index (χ3v) is 3.48. The molecule has 90 valence electrons. The predicted octanol–water partition coefficient (Wildman–Crippen LogP) is 2.71. The van der Waals surface area contributed by atoms with Gasteiger partial charge in [-0.15, -0.1) is 0 Å². The summed E-state index contributed by atoms with van der Waals surface area (Å²) >= 11 is 0. The Morgan fingerprint density at radius 3 is 2.60 bits per heavy atom. The first-order valence-corrected chi connectivity index (χ1v) is 6.73. The monoisotopic (exact) mass is 213 g/mol. The van der Waals surface area contributed by atoms with Crippen molar-refractivity contribution in [2.75, 3.05) is 13.1 Å². The van der Waals surface area contributed by atoms with Crippen LogP contribution in [0.3, 0.4) is 0 Å². The van der Waals surface area contributed by atoms with E-state index in [1.807, 2.05) is 0 Å². The summed E-state index contributed by atoms with van der Waals surface area (Å²) in [5, 5.41) is 13.1. The largest absolute Gasteiger partial charge is 0.393 e. The van der Waals surface area contributed by atoms with Gasteiger partial charge in [0.1, 0.15) is 0 Å². The number of hydrogen-bond acceptors (Lipinski definition) is 2. The Hall–Kier alpha value is -0.0800. The van der Waals surface area contributed by atoms with Gasteiger partial charge in [-0.1, -0.05) is 39.0 Å². The van der Waals surface area contributed by atoms with Crippen LogP contribution in [0.5, 0.6) is 0 Å². The van der Waals surface area contributed by atoms with Gasteiger partial charge in [-0.3, -0.25) is 0 Å². The maximum Gasteiger partial charge on any atom is 0.0580 e. The molecule has 0 radical (unpaired) electrons. The maximum absolute atomic E-state index is 9.62. The molecule has 0 bridgehead atoms. The smallest absolute Gasteiger partial charge is 0.0580 e. The highest BCUT2D eigenvalue weighted by Crippen LogP contribution is 2.24. The second kappa shape index (κ2) is 8.12. The second-order valence-electron chi connectivity index (χ2n) is 4.88. The lowest BCUT2D eigenvalue weighted by Gasteiger charge is -2.14. The Morgan fingerprint density at radius 2 is 1.93 bits per heavy atom. The van der Waals surface area contributed by atoms with Crippen molar-refractivity contribution in [2.45, 2.75) is 64.4 Å². The summed E-state index contributed by atoms with van der Waals surface area (Å²) in [5.74, 6) is 0.528. The molecule has 0 saturated heterocycles. The van der Waals surface area contributed by atoms with Crippen LogP contribution in [0.4, 0.5) is 0 Å². The molecule has 2 atom stereocenters. The van der Waals surface area contributed by atoms with Crippen molar-refractivity contribution in [1.29, 1.82) is 0 Å². The van der Waals surface area contributed by atoms with Gasteiger partial charge in [0, 0.05) is 6.54 Å². The fourth-order valence-electron chi connectivity index (χ4n) is 2.40. The van der Waals surface area contributed by atoms with Crippen molar-refractivity contribution in [1.82, 2.24) is 5.32 Å². The topological polar surface area (TPSA) is 32.3 Å². The molecule has 2 nitrogen and oxygen atoms in total. The van der Waals surface area contributed by atoms with Crippen LogP contribution in [-0.2, 0) is 0 Å². The lowest BCUT2D eigenvalue weighted by molar-refractivity contribution is 0.131. The third-order valence-electron chi connectivity index (χ3n) is 3.48. The molecular weight excluding hydrogens is 186 g/mol. The average Bonchev–Trinajstić information content (AvgIpc) is 2.63. The second-order valence-corrected chi connectivity index (χ2v) is 4.88. The fourth-order valence-corrected chi connectivity index (χ4v) is 2.40. The first kappa shape index (κ1) is 13.0. The molecular formula is C13H27NO. The molecule has 0 aliphatic heterocycles. The van der Waals surface area contributed by atoms with Gasteiger partial charge in [-0.25, -0.2) is 0 Å². The number of aliphatic hydroxyl groups is 1. The van der Waals surface area contributed by atoms with Crippen molar-refractivity contribution in [3.05, 3.63) is 0 Å². The Morgan fingerprint density at radius 1 is 1.13 bits per heavy atom. The number of rotatable bonds is 8. The molecule has 0 spiro atoms. The molecule has 1 aliphatic rings. The maximum atomic E-state index is 9.62. The zero-order valence-electron chi connectivity index (χ0n) is 10.2. The van der Waals surface area contributed by atoms with E-state index in [9.17, 15) is 5.11 Å². The molecule has 2 heteroatoms. The van der Waals surface area contributed by atoms with E-state index >= 15 is 0 Å². The van der Waals surface area contributed by atoms with Crippen LogP contribution in [0.25, 0.3) is 0 Å². The molecule has 1 aliphatic carbocycles. The zero-order chi connectivity index (χ0) is 10.9. The van der Waals surface area contributed by atoms with Crippen LogP contribution < -0.4 is 5.32 Å². The minimum atomic E-state index is -0.0300. The summed E-state index contributed by atoms with van der Waals surface area (Å²) in [4.78, 5) is 0. The molecule has 0 heterocycles. The zero-order valence-corrected chi connectivity index (χ0v) is 10.2. The minimum Gasteiger partial charge on any atom is -0.393 e. The summed E-state index contributed by atoms with van der Waals surface area (Å²) in [6.07, 6.45) is 10.1. The van der Waals surface area contributed by atoms with Crippen LogP contribution >= 0.6 is 0 Å². The van der Waals surface area contributed by atoms with E-state index in [-0.39, 0.29) is 6.10 Å². The van der Waals surface area contributed by atoms with Gasteiger partial charge in [0.25, 0.3) is 0 Å². The molecule has 1 saturated carbocycles. The van der Waals surface area contributed by atoms with Gasteiger partial charge in [-0.2, -0.15) is 0 Å². The Labute approximate surface area is 94.5 Å². The van der Waals surface area contributed by atoms with Crippen molar-refractivity contribution in [3.8, 4) is 0 Å². The first-order valence-electron chi connectivity index (χ1n) is 6.73. The van der Waals surface area contributed by atoms with E-state index in [0.717, 1.165) is 19.5 Å². The van der Waals surface area contributed by atoms with E-state index < -0.39 is 0 Å². The molecule has 1 rings (SSSR count). The lowest BCUT2D eigenvalue weighted by Crippen LogP contribution is -2.28. The summed E-state index contributed by atoms with van der Waals surface area (Å²) in [7, 11) is 0. The van der Waals surface area contributed by atoms with E-state index in [2.05, 4.69) is 12.2 Å². The summed E-state index contributed by atoms with van der Waals surface area (Å²) < 4.78 is 0.